The van der Waals surface area contributed by atoms with E-state index in [4.69, 9.17) is 0 Å². The van der Waals surface area contributed by atoms with E-state index >= 15 is 0 Å². The molecule has 0 heterocycles. The fourth-order valence-electron chi connectivity index (χ4n) is 8.96. The van der Waals surface area contributed by atoms with Gasteiger partial charge in [0.2, 0.25) is 0 Å². The van der Waals surface area contributed by atoms with E-state index in [1.54, 1.807) is 5.57 Å². The molecule has 0 aromatic rings. The number of allylic oxidation sites excluding steroid dienone is 1. The van der Waals surface area contributed by atoms with Crippen LogP contribution < -0.4 is 0 Å². The minimum atomic E-state index is -0.488. The van der Waals surface area contributed by atoms with Crippen LogP contribution in [-0.2, 0) is 0 Å². The highest BCUT2D eigenvalue weighted by Gasteiger charge is 2.59. The third kappa shape index (κ3) is 4.18. The van der Waals surface area contributed by atoms with E-state index in [9.17, 15) is 10.2 Å². The summed E-state index contributed by atoms with van der Waals surface area (Å²) in [6.45, 7) is 13.8. The number of hydrogen-bond donors (Lipinski definition) is 2. The molecule has 0 aromatic carbocycles. The Bertz CT molecular complexity index is 691. The molecule has 4 aliphatic rings. The van der Waals surface area contributed by atoms with Crippen molar-refractivity contribution in [3.8, 4) is 0 Å². The van der Waals surface area contributed by atoms with Crippen LogP contribution in [0.1, 0.15) is 119 Å². The Morgan fingerprint density at radius 1 is 1.10 bits per heavy atom. The molecule has 0 aliphatic heterocycles. The average molecular weight is 431 g/mol. The molecule has 4 rings (SSSR count). The quantitative estimate of drug-likeness (QED) is 0.434. The summed E-state index contributed by atoms with van der Waals surface area (Å²) in [5.41, 5.74) is 1.46. The van der Waals surface area contributed by atoms with Crippen molar-refractivity contribution < 1.29 is 10.2 Å². The molecule has 9 atom stereocenters. The minimum Gasteiger partial charge on any atom is -0.390 e. The molecule has 2 heteroatoms. The van der Waals surface area contributed by atoms with Gasteiger partial charge in [-0.15, -0.1) is 0 Å². The molecule has 0 saturated heterocycles. The van der Waals surface area contributed by atoms with Crippen LogP contribution in [0.4, 0.5) is 0 Å². The Kier molecular flexibility index (Phi) is 6.26. The van der Waals surface area contributed by atoms with Crippen molar-refractivity contribution in [3.63, 3.8) is 0 Å². The summed E-state index contributed by atoms with van der Waals surface area (Å²) in [5.74, 6) is 4.20. The van der Waals surface area contributed by atoms with Crippen LogP contribution in [0.15, 0.2) is 11.6 Å². The van der Waals surface area contributed by atoms with E-state index < -0.39 is 11.2 Å². The van der Waals surface area contributed by atoms with Crippen LogP contribution in [-0.4, -0.2) is 21.4 Å². The molecule has 31 heavy (non-hydrogen) atoms. The number of hydrogen-bond acceptors (Lipinski definition) is 2. The van der Waals surface area contributed by atoms with Crippen LogP contribution in [0.2, 0.25) is 0 Å². The Morgan fingerprint density at radius 2 is 1.84 bits per heavy atom. The fourth-order valence-corrected chi connectivity index (χ4v) is 8.96. The van der Waals surface area contributed by atoms with Crippen molar-refractivity contribution in [1.82, 2.24) is 0 Å². The van der Waals surface area contributed by atoms with E-state index in [1.165, 1.54) is 44.9 Å². The Labute approximate surface area is 192 Å². The third-order valence-corrected chi connectivity index (χ3v) is 11.3. The van der Waals surface area contributed by atoms with Gasteiger partial charge in [0.25, 0.3) is 0 Å². The molecule has 178 valence electrons. The molecule has 3 fully saturated rings. The van der Waals surface area contributed by atoms with Gasteiger partial charge in [-0.25, -0.2) is 0 Å². The standard InChI is InChI=1S/C29H50O2/c1-7-26(3,30)15-8-9-20(2)23-12-13-24-22-11-10-21-19-27(4,31)17-18-28(21,5)25(22)14-16-29(23,24)6/h10,20,22-25,30-31H,7-9,11-19H2,1-6H3/t20-,22+,23-,24+,25+,26-,27+,28+,29-/m1/s1. The van der Waals surface area contributed by atoms with E-state index in [0.29, 0.717) is 10.8 Å². The predicted octanol–water partition coefficient (Wildman–Crippen LogP) is 7.28. The Balaban J connectivity index is 1.46. The number of fused-ring (bicyclic) bond motifs is 5. The first kappa shape index (κ1) is 23.8. The maximum Gasteiger partial charge on any atom is 0.0657 e. The minimum absolute atomic E-state index is 0.335. The predicted molar refractivity (Wildman–Crippen MR) is 130 cm³/mol. The smallest absolute Gasteiger partial charge is 0.0657 e. The van der Waals surface area contributed by atoms with Crippen LogP contribution >= 0.6 is 0 Å². The van der Waals surface area contributed by atoms with Crippen LogP contribution in [0.5, 0.6) is 0 Å². The molecule has 0 amide bonds. The summed E-state index contributed by atoms with van der Waals surface area (Å²) in [5, 5.41) is 21.1. The fraction of sp³-hybridized carbons (Fsp3) is 0.931. The monoisotopic (exact) mass is 430 g/mol. The summed E-state index contributed by atoms with van der Waals surface area (Å²) in [6, 6.07) is 0. The lowest BCUT2D eigenvalue weighted by molar-refractivity contribution is -0.0707. The van der Waals surface area contributed by atoms with E-state index in [0.717, 1.165) is 61.7 Å². The van der Waals surface area contributed by atoms with Crippen LogP contribution in [0.25, 0.3) is 0 Å². The molecule has 0 spiro atoms. The first-order valence-corrected chi connectivity index (χ1v) is 13.6. The second kappa shape index (κ2) is 8.15. The lowest BCUT2D eigenvalue weighted by atomic mass is 9.46. The average Bonchev–Trinajstić information content (AvgIpc) is 3.05. The van der Waals surface area contributed by atoms with Gasteiger partial charge >= 0.3 is 0 Å². The van der Waals surface area contributed by atoms with Gasteiger partial charge in [-0.2, -0.15) is 0 Å². The highest BCUT2D eigenvalue weighted by Crippen LogP contribution is 2.67. The van der Waals surface area contributed by atoms with Crippen molar-refractivity contribution >= 4 is 0 Å². The van der Waals surface area contributed by atoms with Gasteiger partial charge in [0, 0.05) is 0 Å². The third-order valence-electron chi connectivity index (χ3n) is 11.3. The zero-order chi connectivity index (χ0) is 22.7. The molecular weight excluding hydrogens is 380 g/mol. The SMILES string of the molecule is CC[C@@](C)(O)CCC[C@@H](C)[C@H]1CC[C@H]2[C@@H]3CC=C4C[C@@](C)(O)CC[C@]4(C)[C@H]3CC[C@]12C. The van der Waals surface area contributed by atoms with Crippen molar-refractivity contribution in [3.05, 3.63) is 11.6 Å². The molecule has 0 radical (unpaired) electrons. The molecule has 2 N–H and O–H groups in total. The number of aliphatic hydroxyl groups is 2. The highest BCUT2D eigenvalue weighted by atomic mass is 16.3. The van der Waals surface area contributed by atoms with Gasteiger partial charge < -0.3 is 10.2 Å². The van der Waals surface area contributed by atoms with E-state index in [2.05, 4.69) is 33.8 Å². The largest absolute Gasteiger partial charge is 0.390 e. The first-order valence-electron chi connectivity index (χ1n) is 13.6. The van der Waals surface area contributed by atoms with Crippen molar-refractivity contribution in [2.24, 2.45) is 40.4 Å². The second-order valence-electron chi connectivity index (χ2n) is 13.4. The van der Waals surface area contributed by atoms with Gasteiger partial charge in [-0.1, -0.05) is 52.2 Å². The maximum atomic E-state index is 10.7. The summed E-state index contributed by atoms with van der Waals surface area (Å²) >= 11 is 0. The van der Waals surface area contributed by atoms with E-state index in [-0.39, 0.29) is 0 Å². The lowest BCUT2D eigenvalue weighted by Gasteiger charge is -2.59. The molecule has 2 nitrogen and oxygen atoms in total. The first-order chi connectivity index (χ1) is 14.4. The zero-order valence-electron chi connectivity index (χ0n) is 21.3. The summed E-state index contributed by atoms with van der Waals surface area (Å²) in [4.78, 5) is 0. The molecular formula is C29H50O2. The zero-order valence-corrected chi connectivity index (χ0v) is 21.3. The van der Waals surface area contributed by atoms with Crippen LogP contribution in [0, 0.1) is 40.4 Å². The highest BCUT2D eigenvalue weighted by molar-refractivity contribution is 5.26. The normalized spacial score (nSPS) is 47.5. The van der Waals surface area contributed by atoms with Crippen molar-refractivity contribution in [1.29, 1.82) is 0 Å². The Morgan fingerprint density at radius 3 is 2.55 bits per heavy atom. The van der Waals surface area contributed by atoms with Crippen LogP contribution in [0.3, 0.4) is 0 Å². The van der Waals surface area contributed by atoms with Crippen molar-refractivity contribution in [2.75, 3.05) is 0 Å². The molecule has 0 aromatic heterocycles. The summed E-state index contributed by atoms with van der Waals surface area (Å²) in [7, 11) is 0. The summed E-state index contributed by atoms with van der Waals surface area (Å²) in [6.07, 6.45) is 16.7. The van der Waals surface area contributed by atoms with Gasteiger partial charge in [0.05, 0.1) is 11.2 Å². The van der Waals surface area contributed by atoms with Gasteiger partial charge in [-0.05, 0) is 118 Å². The number of rotatable bonds is 6. The molecule has 4 aliphatic carbocycles. The topological polar surface area (TPSA) is 40.5 Å². The lowest BCUT2D eigenvalue weighted by Crippen LogP contribution is -2.52. The van der Waals surface area contributed by atoms with Gasteiger partial charge in [0.1, 0.15) is 0 Å². The molecule has 3 saturated carbocycles. The molecule has 0 bridgehead atoms. The maximum absolute atomic E-state index is 10.7. The van der Waals surface area contributed by atoms with Gasteiger partial charge in [0.15, 0.2) is 0 Å². The van der Waals surface area contributed by atoms with Gasteiger partial charge in [-0.3, -0.25) is 0 Å². The van der Waals surface area contributed by atoms with E-state index in [1.807, 2.05) is 13.8 Å². The molecule has 0 unspecified atom stereocenters. The second-order valence-corrected chi connectivity index (χ2v) is 13.4. The Hall–Kier alpha value is -0.340. The summed E-state index contributed by atoms with van der Waals surface area (Å²) < 4.78 is 0. The van der Waals surface area contributed by atoms with Crippen molar-refractivity contribution in [2.45, 2.75) is 130 Å².